The number of aromatic hydroxyl groups is 1. The van der Waals surface area contributed by atoms with Crippen molar-refractivity contribution in [2.75, 3.05) is 56.5 Å². The van der Waals surface area contributed by atoms with Gasteiger partial charge in [0.1, 0.15) is 5.75 Å². The standard InChI is InChI=1S/C26H37Cl2N7O3/c1-3-17-14-34(25-23(28)31-22(24(29)32-25)26(38)30-6-11-36)9-10-35(17)18-4-7-33(8-5-18)15-19-20(27)12-16(2)13-21(19)37/h12-13,17-18,36-37H,3-11,14-15H2,1-2H3,(H2,29,32)(H,30,38)/t17-/m0/s1. The Morgan fingerprint density at radius 2 is 1.92 bits per heavy atom. The van der Waals surface area contributed by atoms with Crippen LogP contribution >= 0.6 is 23.2 Å². The minimum Gasteiger partial charge on any atom is -0.508 e. The third-order valence-electron chi connectivity index (χ3n) is 7.50. The number of amides is 1. The Balaban J connectivity index is 1.37. The highest BCUT2D eigenvalue weighted by molar-refractivity contribution is 6.32. The molecule has 0 spiro atoms. The van der Waals surface area contributed by atoms with Crippen LogP contribution in [0.1, 0.15) is 47.8 Å². The first-order valence-corrected chi connectivity index (χ1v) is 13.9. The molecule has 0 radical (unpaired) electrons. The van der Waals surface area contributed by atoms with E-state index in [0.29, 0.717) is 29.5 Å². The minimum absolute atomic E-state index is 0.0161. The molecule has 0 unspecified atom stereocenters. The Morgan fingerprint density at radius 3 is 2.58 bits per heavy atom. The maximum absolute atomic E-state index is 12.2. The van der Waals surface area contributed by atoms with Gasteiger partial charge in [0.05, 0.1) is 6.61 Å². The number of carbonyl (C=O) groups excluding carboxylic acids is 1. The normalized spacial score (nSPS) is 19.6. The van der Waals surface area contributed by atoms with Gasteiger partial charge >= 0.3 is 0 Å². The van der Waals surface area contributed by atoms with Gasteiger partial charge in [-0.3, -0.25) is 14.6 Å². The molecule has 12 heteroatoms. The number of nitrogens with two attached hydrogens (primary N) is 1. The highest BCUT2D eigenvalue weighted by Crippen LogP contribution is 2.32. The second kappa shape index (κ2) is 12.7. The van der Waals surface area contributed by atoms with Gasteiger partial charge in [0.2, 0.25) is 0 Å². The van der Waals surface area contributed by atoms with E-state index >= 15 is 0 Å². The summed E-state index contributed by atoms with van der Waals surface area (Å²) in [4.78, 5) is 28.0. The van der Waals surface area contributed by atoms with E-state index in [1.165, 1.54) is 0 Å². The molecule has 208 valence electrons. The Hall–Kier alpha value is -2.37. The number of hydrogen-bond donors (Lipinski definition) is 4. The molecule has 10 nitrogen and oxygen atoms in total. The van der Waals surface area contributed by atoms with Gasteiger partial charge in [0, 0.05) is 55.4 Å². The molecule has 2 fully saturated rings. The number of benzene rings is 1. The van der Waals surface area contributed by atoms with Crippen LogP contribution in [0.15, 0.2) is 12.1 Å². The molecule has 2 aliphatic heterocycles. The van der Waals surface area contributed by atoms with Crippen LogP contribution in [0.25, 0.3) is 0 Å². The molecule has 5 N–H and O–H groups in total. The fourth-order valence-electron chi connectivity index (χ4n) is 5.49. The van der Waals surface area contributed by atoms with E-state index in [2.05, 4.69) is 36.9 Å². The quantitative estimate of drug-likeness (QED) is 0.381. The predicted octanol–water partition coefficient (Wildman–Crippen LogP) is 2.67. The zero-order valence-corrected chi connectivity index (χ0v) is 23.5. The van der Waals surface area contributed by atoms with Crippen LogP contribution in [-0.2, 0) is 6.54 Å². The molecule has 1 amide bonds. The van der Waals surface area contributed by atoms with Crippen molar-refractivity contribution in [1.82, 2.24) is 25.1 Å². The number of aliphatic hydroxyl groups excluding tert-OH is 1. The van der Waals surface area contributed by atoms with Gasteiger partial charge in [0.25, 0.3) is 5.91 Å². The number of nitrogens with zero attached hydrogens (tertiary/aromatic N) is 5. The van der Waals surface area contributed by atoms with E-state index in [1.54, 1.807) is 6.07 Å². The topological polar surface area (TPSA) is 131 Å². The lowest BCUT2D eigenvalue weighted by atomic mass is 9.97. The van der Waals surface area contributed by atoms with Crippen LogP contribution in [0.5, 0.6) is 5.75 Å². The first-order chi connectivity index (χ1) is 18.2. The van der Waals surface area contributed by atoms with Crippen LogP contribution in [-0.4, -0.2) is 93.8 Å². The van der Waals surface area contributed by atoms with E-state index in [0.717, 1.165) is 63.1 Å². The predicted molar refractivity (Wildman–Crippen MR) is 150 cm³/mol. The van der Waals surface area contributed by atoms with Crippen LogP contribution in [0, 0.1) is 6.92 Å². The summed E-state index contributed by atoms with van der Waals surface area (Å²) in [5.41, 5.74) is 7.77. The Kier molecular flexibility index (Phi) is 9.54. The number of phenolic OH excluding ortho intramolecular Hbond substituents is 1. The highest BCUT2D eigenvalue weighted by atomic mass is 35.5. The number of halogens is 2. The van der Waals surface area contributed by atoms with Crippen LogP contribution in [0.2, 0.25) is 10.2 Å². The van der Waals surface area contributed by atoms with Gasteiger partial charge in [-0.25, -0.2) is 9.97 Å². The lowest BCUT2D eigenvalue weighted by Gasteiger charge is -2.47. The summed E-state index contributed by atoms with van der Waals surface area (Å²) < 4.78 is 0. The zero-order chi connectivity index (χ0) is 27.4. The number of likely N-dealkylation sites (tertiary alicyclic amines) is 1. The molecule has 0 aliphatic carbocycles. The van der Waals surface area contributed by atoms with Crippen molar-refractivity contribution in [3.63, 3.8) is 0 Å². The van der Waals surface area contributed by atoms with Gasteiger partial charge in [-0.2, -0.15) is 0 Å². The summed E-state index contributed by atoms with van der Waals surface area (Å²) in [6, 6.07) is 4.47. The largest absolute Gasteiger partial charge is 0.508 e. The van der Waals surface area contributed by atoms with Gasteiger partial charge < -0.3 is 26.2 Å². The zero-order valence-electron chi connectivity index (χ0n) is 22.0. The average molecular weight is 567 g/mol. The van der Waals surface area contributed by atoms with Crippen LogP contribution in [0.4, 0.5) is 11.6 Å². The molecule has 0 saturated carbocycles. The lowest BCUT2D eigenvalue weighted by Crippen LogP contribution is -2.58. The van der Waals surface area contributed by atoms with Crippen molar-refractivity contribution in [3.8, 4) is 5.75 Å². The summed E-state index contributed by atoms with van der Waals surface area (Å²) >= 11 is 12.9. The Morgan fingerprint density at radius 1 is 1.18 bits per heavy atom. The summed E-state index contributed by atoms with van der Waals surface area (Å²) in [5, 5.41) is 22.6. The van der Waals surface area contributed by atoms with Crippen LogP contribution < -0.4 is 16.0 Å². The van der Waals surface area contributed by atoms with Crippen molar-refractivity contribution in [1.29, 1.82) is 0 Å². The fraction of sp³-hybridized carbons (Fsp3) is 0.577. The minimum atomic E-state index is -0.514. The number of aliphatic hydroxyl groups is 1. The van der Waals surface area contributed by atoms with Crippen molar-refractivity contribution in [2.24, 2.45) is 0 Å². The van der Waals surface area contributed by atoms with Gasteiger partial charge in [-0.1, -0.05) is 30.1 Å². The second-order valence-electron chi connectivity index (χ2n) is 10.0. The molecule has 2 aliphatic rings. The molecule has 3 heterocycles. The number of carbonyl (C=O) groups is 1. The third-order valence-corrected chi connectivity index (χ3v) is 8.09. The summed E-state index contributed by atoms with van der Waals surface area (Å²) in [7, 11) is 0. The number of rotatable bonds is 8. The molecule has 2 aromatic rings. The maximum atomic E-state index is 12.2. The molecule has 4 rings (SSSR count). The Bertz CT molecular complexity index is 1120. The first-order valence-electron chi connectivity index (χ1n) is 13.1. The molecule has 38 heavy (non-hydrogen) atoms. The fourth-order valence-corrected chi connectivity index (χ4v) is 6.06. The number of anilines is 2. The first kappa shape index (κ1) is 28.6. The summed E-state index contributed by atoms with van der Waals surface area (Å²) in [6.45, 7) is 8.90. The monoisotopic (exact) mass is 565 g/mol. The number of aromatic nitrogens is 2. The van der Waals surface area contributed by atoms with E-state index in [9.17, 15) is 9.90 Å². The number of nitrogen functional groups attached to an aromatic ring is 1. The number of aryl methyl sites for hydroxylation is 1. The van der Waals surface area contributed by atoms with E-state index in [1.807, 2.05) is 13.0 Å². The second-order valence-corrected chi connectivity index (χ2v) is 10.8. The number of hydrogen-bond acceptors (Lipinski definition) is 9. The van der Waals surface area contributed by atoms with Gasteiger partial charge in [-0.15, -0.1) is 0 Å². The number of piperazine rings is 1. The van der Waals surface area contributed by atoms with Gasteiger partial charge in [0.15, 0.2) is 22.5 Å². The maximum Gasteiger partial charge on any atom is 0.273 e. The van der Waals surface area contributed by atoms with Crippen LogP contribution in [0.3, 0.4) is 0 Å². The van der Waals surface area contributed by atoms with Crippen molar-refractivity contribution in [2.45, 2.75) is 51.7 Å². The summed E-state index contributed by atoms with van der Waals surface area (Å²) in [6.07, 6.45) is 3.07. The van der Waals surface area contributed by atoms with E-state index in [4.69, 9.17) is 34.0 Å². The van der Waals surface area contributed by atoms with Gasteiger partial charge in [-0.05, 0) is 57.0 Å². The smallest absolute Gasteiger partial charge is 0.273 e. The molecule has 2 saturated heterocycles. The lowest BCUT2D eigenvalue weighted by molar-refractivity contribution is 0.0608. The molecular weight excluding hydrogens is 529 g/mol. The highest BCUT2D eigenvalue weighted by Gasteiger charge is 2.34. The molecule has 1 aromatic carbocycles. The number of nitrogens with one attached hydrogen (secondary N) is 1. The SMILES string of the molecule is CC[C@H]1CN(c2nc(N)c(C(=O)NCCO)nc2Cl)CCN1C1CCN(Cc2c(O)cc(C)cc2Cl)CC1. The molecular formula is C26H37Cl2N7O3. The Labute approximate surface area is 233 Å². The number of phenols is 1. The number of piperidine rings is 1. The molecule has 1 atom stereocenters. The third kappa shape index (κ3) is 6.43. The van der Waals surface area contributed by atoms with E-state index < -0.39 is 5.91 Å². The molecule has 0 bridgehead atoms. The molecule has 1 aromatic heterocycles. The van der Waals surface area contributed by atoms with Crippen molar-refractivity contribution in [3.05, 3.63) is 39.1 Å². The summed E-state index contributed by atoms with van der Waals surface area (Å²) in [5.74, 6) is 0.258. The van der Waals surface area contributed by atoms with Crippen molar-refractivity contribution >= 4 is 40.7 Å². The average Bonchev–Trinajstić information content (AvgIpc) is 2.90. The van der Waals surface area contributed by atoms with Crippen molar-refractivity contribution < 1.29 is 15.0 Å². The van der Waals surface area contributed by atoms with E-state index in [-0.39, 0.29) is 35.6 Å².